The molecule has 0 fully saturated rings. The van der Waals surface area contributed by atoms with Crippen LogP contribution < -0.4 is 21.3 Å². The van der Waals surface area contributed by atoms with Gasteiger partial charge in [-0.25, -0.2) is 0 Å². The number of dihydropyridines is 2. The summed E-state index contributed by atoms with van der Waals surface area (Å²) >= 11 is 0. The average molecular weight is 1170 g/mol. The van der Waals surface area contributed by atoms with Crippen molar-refractivity contribution in [2.75, 3.05) is 39.3 Å². The van der Waals surface area contributed by atoms with Crippen LogP contribution in [-0.2, 0) is 9.47 Å². The molecule has 0 aromatic rings. The first-order chi connectivity index (χ1) is 39.4. The van der Waals surface area contributed by atoms with Crippen LogP contribution in [0.4, 0.5) is 0 Å². The highest BCUT2D eigenvalue weighted by Crippen LogP contribution is 2.33. The van der Waals surface area contributed by atoms with E-state index in [2.05, 4.69) is 256 Å². The molecule has 0 spiro atoms. The third kappa shape index (κ3) is 27.8. The molecule has 0 aromatic carbocycles. The summed E-state index contributed by atoms with van der Waals surface area (Å²) in [6, 6.07) is 0. The van der Waals surface area contributed by atoms with E-state index >= 15 is 0 Å². The monoisotopic (exact) mass is 1170 g/mol. The van der Waals surface area contributed by atoms with Crippen LogP contribution >= 0.6 is 0 Å². The molecule has 8 nitrogen and oxygen atoms in total. The van der Waals surface area contributed by atoms with Crippen molar-refractivity contribution in [1.29, 1.82) is 0 Å². The highest BCUT2D eigenvalue weighted by Gasteiger charge is 2.22. The summed E-state index contributed by atoms with van der Waals surface area (Å²) in [7, 11) is 0. The fraction of sp³-hybridized carbons (Fsp3) is 0.737. The fourth-order valence-corrected chi connectivity index (χ4v) is 12.0. The molecule has 0 amide bonds. The number of rotatable bonds is 14. The van der Waals surface area contributed by atoms with Crippen LogP contribution in [0.3, 0.4) is 0 Å². The van der Waals surface area contributed by atoms with Crippen LogP contribution in [0, 0.1) is 82.9 Å². The lowest BCUT2D eigenvalue weighted by Gasteiger charge is -2.27. The summed E-state index contributed by atoms with van der Waals surface area (Å²) < 4.78 is 11.2. The molecule has 0 bridgehead atoms. The van der Waals surface area contributed by atoms with Crippen molar-refractivity contribution in [3.05, 3.63) is 116 Å². The van der Waals surface area contributed by atoms with Crippen molar-refractivity contribution < 1.29 is 9.47 Å². The molecule has 7 rings (SSSR count). The Kier molecular flexibility index (Phi) is 38.2. The van der Waals surface area contributed by atoms with Gasteiger partial charge in [-0.3, -0.25) is 0 Å². The third-order valence-corrected chi connectivity index (χ3v) is 16.7. The van der Waals surface area contributed by atoms with Gasteiger partial charge in [-0.2, -0.15) is 10.2 Å². The average Bonchev–Trinajstić information content (AvgIpc) is 3.51. The van der Waals surface area contributed by atoms with Crippen molar-refractivity contribution in [2.45, 2.75) is 245 Å². The molecule has 0 saturated heterocycles. The standard InChI is InChI=1S/C11H21N.C11H19N.C11H21N.C11H19N.C11H20O.C11H18O.C10H18N2/c2*1-8(2)10-5-6-12-7-11(10)9(3)4;4*1-8(2)10-6-5-7-12-11(10)9(3)4;1-7(2)9-5-6-11-12-10(9)8(3)4/h8-9,12H,5-7H2,1-4H3;5-6,8-9,12H,7H2,1-4H3;8-9,12H,5-7H2,1-4H3;5,7-9,12H,6H2,1-4H3;8-9H,5-7H2,1-4H3;5,7-9H,6H2,1-4H3;7-8H,5-6H2,1-4H3. The van der Waals surface area contributed by atoms with Gasteiger partial charge in [-0.05, 0) is 192 Å². The maximum absolute atomic E-state index is 5.69. The van der Waals surface area contributed by atoms with E-state index in [0.717, 1.165) is 63.3 Å². The number of ether oxygens (including phenoxy) is 2. The lowest BCUT2D eigenvalue weighted by molar-refractivity contribution is 0.156. The zero-order chi connectivity index (χ0) is 64.0. The SMILES string of the molecule is CC(C)C1=C(C(C)C)CNC=C1.CC(C)C1=C(C(C)C)CNCC1.CC(C)C1=C(C(C)C)N=NCC1.CC(C)C1=C(C(C)C)NC=CC1.CC(C)C1=C(C(C)C)NCCC1.CC(C)C1=C(C(C)C)OC=CC1.CC(C)C1=C(C(C)C)OCCC1. The minimum atomic E-state index is 0.507. The van der Waals surface area contributed by atoms with Crippen LogP contribution in [0.5, 0.6) is 0 Å². The maximum atomic E-state index is 5.69. The van der Waals surface area contributed by atoms with E-state index in [0.29, 0.717) is 65.1 Å². The molecule has 7 aliphatic rings. The van der Waals surface area contributed by atoms with Crippen LogP contribution in [-0.4, -0.2) is 39.3 Å². The van der Waals surface area contributed by atoms with E-state index in [1.54, 1.807) is 34.1 Å². The van der Waals surface area contributed by atoms with Gasteiger partial charge in [0.05, 0.1) is 30.9 Å². The number of hydrogen-bond donors (Lipinski definition) is 4. The van der Waals surface area contributed by atoms with Crippen LogP contribution in [0.25, 0.3) is 0 Å². The van der Waals surface area contributed by atoms with Crippen molar-refractivity contribution in [3.8, 4) is 0 Å². The lowest BCUT2D eigenvalue weighted by Crippen LogP contribution is -2.28. The molecule has 84 heavy (non-hydrogen) atoms. The maximum Gasteiger partial charge on any atom is 0.105 e. The molecule has 0 atom stereocenters. The van der Waals surface area contributed by atoms with Crippen molar-refractivity contribution >= 4 is 0 Å². The number of nitrogens with zero attached hydrogens (tertiary/aromatic N) is 2. The first kappa shape index (κ1) is 78.0. The number of azo groups is 1. The Morgan fingerprint density at radius 2 is 0.940 bits per heavy atom. The Balaban J connectivity index is 0.000000490. The van der Waals surface area contributed by atoms with Gasteiger partial charge in [-0.1, -0.05) is 211 Å². The minimum absolute atomic E-state index is 0.507. The number of nitrogens with one attached hydrogen (secondary N) is 4. The molecule has 8 heteroatoms. The Bertz CT molecular complexity index is 1920. The zero-order valence-corrected chi connectivity index (χ0v) is 60.2. The molecule has 4 N–H and O–H groups in total. The summed E-state index contributed by atoms with van der Waals surface area (Å²) in [5, 5.41) is 21.9. The highest BCUT2D eigenvalue weighted by atomic mass is 16.5. The van der Waals surface area contributed by atoms with Gasteiger partial charge in [0, 0.05) is 42.9 Å². The molecule has 0 saturated carbocycles. The van der Waals surface area contributed by atoms with E-state index in [9.17, 15) is 0 Å². The van der Waals surface area contributed by atoms with E-state index in [-0.39, 0.29) is 0 Å². The third-order valence-electron chi connectivity index (χ3n) is 16.7. The van der Waals surface area contributed by atoms with Crippen molar-refractivity contribution in [3.63, 3.8) is 0 Å². The summed E-state index contributed by atoms with van der Waals surface area (Å²) in [4.78, 5) is 0. The second-order valence-electron chi connectivity index (χ2n) is 28.5. The quantitative estimate of drug-likeness (QED) is 0.130. The first-order valence-corrected chi connectivity index (χ1v) is 34.1. The summed E-state index contributed by atoms with van der Waals surface area (Å²) in [5.74, 6) is 11.4. The smallest absolute Gasteiger partial charge is 0.105 e. The summed E-state index contributed by atoms with van der Waals surface area (Å²) in [6.07, 6.45) is 22.0. The van der Waals surface area contributed by atoms with E-state index in [4.69, 9.17) is 9.47 Å². The molecule has 0 radical (unpaired) electrons. The molecule has 482 valence electrons. The zero-order valence-electron chi connectivity index (χ0n) is 60.2. The van der Waals surface area contributed by atoms with Crippen LogP contribution in [0.15, 0.2) is 126 Å². The van der Waals surface area contributed by atoms with E-state index in [1.165, 1.54) is 96.1 Å². The van der Waals surface area contributed by atoms with Gasteiger partial charge >= 0.3 is 0 Å². The van der Waals surface area contributed by atoms with Gasteiger partial charge in [0.1, 0.15) is 5.76 Å². The van der Waals surface area contributed by atoms with Crippen LogP contribution in [0.1, 0.15) is 245 Å². The van der Waals surface area contributed by atoms with Gasteiger partial charge in [0.2, 0.25) is 0 Å². The lowest BCUT2D eigenvalue weighted by atomic mass is 9.86. The Morgan fingerprint density at radius 3 is 1.36 bits per heavy atom. The number of allylic oxidation sites excluding steroid dienone is 13. The molecule has 0 unspecified atom stereocenters. The second kappa shape index (κ2) is 41.2. The Hall–Kier alpha value is -4.04. The van der Waals surface area contributed by atoms with Gasteiger partial charge in [-0.15, -0.1) is 0 Å². The largest absolute Gasteiger partial charge is 0.498 e. The first-order valence-electron chi connectivity index (χ1n) is 34.1. The molecule has 7 aliphatic heterocycles. The molecule has 0 aromatic heterocycles. The molecule has 0 aliphatic carbocycles. The van der Waals surface area contributed by atoms with Crippen LogP contribution in [0.2, 0.25) is 0 Å². The van der Waals surface area contributed by atoms with Crippen molar-refractivity contribution in [1.82, 2.24) is 21.3 Å². The fourth-order valence-electron chi connectivity index (χ4n) is 12.0. The summed E-state index contributed by atoms with van der Waals surface area (Å²) in [6.45, 7) is 69.2. The van der Waals surface area contributed by atoms with Gasteiger partial charge in [0.25, 0.3) is 0 Å². The predicted octanol–water partition coefficient (Wildman–Crippen LogP) is 21.6. The Labute approximate surface area is 521 Å². The van der Waals surface area contributed by atoms with E-state index in [1.807, 2.05) is 0 Å². The second-order valence-corrected chi connectivity index (χ2v) is 28.5. The number of hydrogen-bond acceptors (Lipinski definition) is 8. The van der Waals surface area contributed by atoms with Gasteiger partial charge < -0.3 is 30.7 Å². The normalized spacial score (nSPS) is 18.3. The van der Waals surface area contributed by atoms with E-state index < -0.39 is 0 Å². The predicted molar refractivity (Wildman–Crippen MR) is 370 cm³/mol. The van der Waals surface area contributed by atoms with Gasteiger partial charge in [0.15, 0.2) is 0 Å². The molecule has 7 heterocycles. The van der Waals surface area contributed by atoms with Crippen molar-refractivity contribution in [2.24, 2.45) is 93.1 Å². The molecular weight excluding hydrogens is 1030 g/mol. The Morgan fingerprint density at radius 1 is 0.405 bits per heavy atom. The molecular formula is C76H136N6O2. The minimum Gasteiger partial charge on any atom is -0.498 e. The summed E-state index contributed by atoms with van der Waals surface area (Å²) in [5.41, 5.74) is 18.3. The highest BCUT2D eigenvalue weighted by molar-refractivity contribution is 5.32. The topological polar surface area (TPSA) is 91.3 Å².